The van der Waals surface area contributed by atoms with Crippen LogP contribution in [0.2, 0.25) is 0 Å². The van der Waals surface area contributed by atoms with Gasteiger partial charge in [-0.3, -0.25) is 0 Å². The lowest BCUT2D eigenvalue weighted by Gasteiger charge is -1.97. The highest BCUT2D eigenvalue weighted by Gasteiger charge is 2.21. The van der Waals surface area contributed by atoms with Crippen molar-refractivity contribution in [2.45, 2.75) is 13.5 Å². The van der Waals surface area contributed by atoms with Gasteiger partial charge in [-0.2, -0.15) is 4.57 Å². The van der Waals surface area contributed by atoms with Crippen LogP contribution in [0.5, 0.6) is 0 Å². The molecule has 2 aromatic carbocycles. The zero-order valence-corrected chi connectivity index (χ0v) is 14.0. The summed E-state index contributed by atoms with van der Waals surface area (Å²) >= 11 is 0. The van der Waals surface area contributed by atoms with Crippen molar-refractivity contribution >= 4 is 13.2 Å². The van der Waals surface area contributed by atoms with E-state index in [0.717, 1.165) is 17.8 Å². The van der Waals surface area contributed by atoms with E-state index in [0.29, 0.717) is 5.56 Å². The Bertz CT molecular complexity index is 843. The van der Waals surface area contributed by atoms with E-state index in [4.69, 9.17) is 0 Å². The van der Waals surface area contributed by atoms with Gasteiger partial charge in [0, 0.05) is 5.56 Å². The maximum atomic E-state index is 12.5. The van der Waals surface area contributed by atoms with Gasteiger partial charge in [-0.05, 0) is 19.1 Å². The first kappa shape index (κ1) is 19.4. The van der Waals surface area contributed by atoms with Crippen molar-refractivity contribution in [1.29, 1.82) is 0 Å². The Hall–Kier alpha value is -2.90. The van der Waals surface area contributed by atoms with Crippen molar-refractivity contribution in [2.75, 3.05) is 0 Å². The number of carbonyl (C=O) groups excluding carboxylic acids is 1. The van der Waals surface area contributed by atoms with Gasteiger partial charge in [-0.15, -0.1) is 0 Å². The quantitative estimate of drug-likeness (QED) is 0.383. The fraction of sp³-hybridized carbons (Fsp3) is 0.111. The van der Waals surface area contributed by atoms with Crippen LogP contribution in [0.1, 0.15) is 17.3 Å². The second-order valence-electron chi connectivity index (χ2n) is 5.36. The summed E-state index contributed by atoms with van der Waals surface area (Å²) < 4.78 is 42.7. The Morgan fingerprint density at radius 1 is 0.962 bits per heavy atom. The molecule has 1 aromatic heterocycles. The third-order valence-corrected chi connectivity index (χ3v) is 3.50. The summed E-state index contributed by atoms with van der Waals surface area (Å²) in [7, 11) is -6.00. The van der Waals surface area contributed by atoms with Gasteiger partial charge in [-0.25, -0.2) is 9.36 Å². The SMILES string of the molecule is CC[n+]1cn(C(=O)c2ccccc2)cc1-c1ccccc1.F[B-](F)(F)F. The molecule has 0 unspecified atom stereocenters. The van der Waals surface area contributed by atoms with Crippen LogP contribution in [0, 0.1) is 0 Å². The van der Waals surface area contributed by atoms with E-state index in [1.807, 2.05) is 61.1 Å². The van der Waals surface area contributed by atoms with E-state index in [2.05, 4.69) is 23.6 Å². The zero-order chi connectivity index (χ0) is 19.2. The predicted molar refractivity (Wildman–Crippen MR) is 92.1 cm³/mol. The molecule has 0 bridgehead atoms. The number of hydrogen-bond donors (Lipinski definition) is 0. The molecule has 8 heteroatoms. The second-order valence-corrected chi connectivity index (χ2v) is 5.36. The summed E-state index contributed by atoms with van der Waals surface area (Å²) in [6.07, 6.45) is 3.76. The molecule has 0 saturated heterocycles. The van der Waals surface area contributed by atoms with Crippen LogP contribution in [0.3, 0.4) is 0 Å². The summed E-state index contributed by atoms with van der Waals surface area (Å²) in [6, 6.07) is 19.4. The number of nitrogens with zero attached hydrogens (tertiary/aromatic N) is 2. The molecule has 136 valence electrons. The van der Waals surface area contributed by atoms with Crippen LogP contribution in [-0.4, -0.2) is 17.7 Å². The molecule has 0 amide bonds. The van der Waals surface area contributed by atoms with Gasteiger partial charge in [0.25, 0.3) is 6.33 Å². The van der Waals surface area contributed by atoms with E-state index < -0.39 is 7.25 Å². The molecule has 0 aliphatic heterocycles. The molecule has 0 aliphatic carbocycles. The summed E-state index contributed by atoms with van der Waals surface area (Å²) in [6.45, 7) is 2.89. The second kappa shape index (κ2) is 8.46. The van der Waals surface area contributed by atoms with Gasteiger partial charge in [0.2, 0.25) is 0 Å². The minimum Gasteiger partial charge on any atom is -0.418 e. The van der Waals surface area contributed by atoms with Crippen LogP contribution in [0.4, 0.5) is 17.3 Å². The fourth-order valence-electron chi connectivity index (χ4n) is 2.39. The molecule has 0 N–H and O–H groups in total. The highest BCUT2D eigenvalue weighted by atomic mass is 19.5. The maximum Gasteiger partial charge on any atom is 0.673 e. The fourth-order valence-corrected chi connectivity index (χ4v) is 2.39. The minimum absolute atomic E-state index is 0.0139. The van der Waals surface area contributed by atoms with Crippen LogP contribution in [-0.2, 0) is 6.54 Å². The Kier molecular flexibility index (Phi) is 6.33. The Labute approximate surface area is 148 Å². The maximum absolute atomic E-state index is 12.5. The summed E-state index contributed by atoms with van der Waals surface area (Å²) in [5.41, 5.74) is 2.84. The number of carbonyl (C=O) groups is 1. The van der Waals surface area contributed by atoms with E-state index in [-0.39, 0.29) is 5.91 Å². The lowest BCUT2D eigenvalue weighted by atomic mass is 10.1. The third kappa shape index (κ3) is 5.58. The van der Waals surface area contributed by atoms with Crippen LogP contribution in [0.25, 0.3) is 11.3 Å². The van der Waals surface area contributed by atoms with E-state index in [1.165, 1.54) is 0 Å². The van der Waals surface area contributed by atoms with Gasteiger partial charge in [0.1, 0.15) is 6.20 Å². The van der Waals surface area contributed by atoms with Crippen molar-refractivity contribution in [3.63, 3.8) is 0 Å². The van der Waals surface area contributed by atoms with E-state index in [9.17, 15) is 22.1 Å². The standard InChI is InChI=1S/C18H17N2O.BF4/c1-2-19-14-20(18(21)16-11-7-4-8-12-16)13-17(19)15-9-5-3-6-10-15;2-1(3,4)5/h3-14H,2H2,1H3;/q+1;-1. The molecule has 0 aliphatic rings. The Morgan fingerprint density at radius 3 is 1.96 bits per heavy atom. The smallest absolute Gasteiger partial charge is 0.418 e. The third-order valence-electron chi connectivity index (χ3n) is 3.50. The monoisotopic (exact) mass is 364 g/mol. The van der Waals surface area contributed by atoms with Gasteiger partial charge in [-0.1, -0.05) is 48.5 Å². The molecule has 26 heavy (non-hydrogen) atoms. The average molecular weight is 364 g/mol. The lowest BCUT2D eigenvalue weighted by Crippen LogP contribution is -2.32. The molecular formula is C18H17BF4N2O. The van der Waals surface area contributed by atoms with Gasteiger partial charge >= 0.3 is 13.2 Å². The van der Waals surface area contributed by atoms with Crippen molar-refractivity contribution in [1.82, 2.24) is 4.57 Å². The van der Waals surface area contributed by atoms with Crippen LogP contribution >= 0.6 is 0 Å². The molecule has 0 spiro atoms. The molecule has 0 radical (unpaired) electrons. The van der Waals surface area contributed by atoms with Crippen molar-refractivity contribution in [3.05, 3.63) is 78.8 Å². The van der Waals surface area contributed by atoms with E-state index in [1.54, 1.807) is 4.57 Å². The van der Waals surface area contributed by atoms with Gasteiger partial charge in [0.15, 0.2) is 5.69 Å². The molecule has 0 fully saturated rings. The highest BCUT2D eigenvalue weighted by molar-refractivity contribution is 6.50. The largest absolute Gasteiger partial charge is 0.673 e. The number of aromatic nitrogens is 2. The predicted octanol–water partition coefficient (Wildman–Crippen LogP) is 4.45. The number of rotatable bonds is 3. The first-order valence-electron chi connectivity index (χ1n) is 7.93. The molecule has 0 saturated carbocycles. The first-order chi connectivity index (χ1) is 12.3. The van der Waals surface area contributed by atoms with Gasteiger partial charge < -0.3 is 17.3 Å². The van der Waals surface area contributed by atoms with Gasteiger partial charge in [0.05, 0.1) is 12.1 Å². The lowest BCUT2D eigenvalue weighted by molar-refractivity contribution is -0.682. The molecule has 3 nitrogen and oxygen atoms in total. The zero-order valence-electron chi connectivity index (χ0n) is 14.0. The van der Waals surface area contributed by atoms with Crippen molar-refractivity contribution in [2.24, 2.45) is 0 Å². The van der Waals surface area contributed by atoms with Crippen molar-refractivity contribution < 1.29 is 26.6 Å². The topological polar surface area (TPSA) is 25.9 Å². The summed E-state index contributed by atoms with van der Waals surface area (Å²) in [4.78, 5) is 12.5. The number of halogens is 4. The molecule has 3 aromatic rings. The van der Waals surface area contributed by atoms with E-state index >= 15 is 0 Å². The summed E-state index contributed by atoms with van der Waals surface area (Å²) in [5.74, 6) is -0.0139. The van der Waals surface area contributed by atoms with Crippen molar-refractivity contribution in [3.8, 4) is 11.3 Å². The Balaban J connectivity index is 0.000000431. The van der Waals surface area contributed by atoms with Crippen LogP contribution in [0.15, 0.2) is 73.2 Å². The molecular weight excluding hydrogens is 347 g/mol. The number of imidazole rings is 1. The molecule has 3 rings (SSSR count). The molecule has 1 heterocycles. The van der Waals surface area contributed by atoms with Crippen LogP contribution < -0.4 is 4.57 Å². The minimum atomic E-state index is -6.00. The number of benzene rings is 2. The average Bonchev–Trinajstić information content (AvgIpc) is 3.05. The molecule has 0 atom stereocenters. The highest BCUT2D eigenvalue weighted by Crippen LogP contribution is 2.15. The first-order valence-corrected chi connectivity index (χ1v) is 7.93. The normalized spacial score (nSPS) is 10.8. The number of hydrogen-bond acceptors (Lipinski definition) is 1. The summed E-state index contributed by atoms with van der Waals surface area (Å²) in [5, 5.41) is 0. The Morgan fingerprint density at radius 2 is 1.46 bits per heavy atom. The number of aryl methyl sites for hydroxylation is 1.